The predicted molar refractivity (Wildman–Crippen MR) is 145 cm³/mol. The van der Waals surface area contributed by atoms with E-state index in [2.05, 4.69) is 25.5 Å². The first-order chi connectivity index (χ1) is 17.5. The minimum absolute atomic E-state index is 0.211. The molecule has 0 saturated heterocycles. The summed E-state index contributed by atoms with van der Waals surface area (Å²) in [7, 11) is 4.01. The van der Waals surface area contributed by atoms with Crippen LogP contribution in [0.2, 0.25) is 0 Å². The lowest BCUT2D eigenvalue weighted by Gasteiger charge is -2.32. The van der Waals surface area contributed by atoms with E-state index >= 15 is 0 Å². The number of aliphatic hydroxyl groups is 1. The number of ether oxygens (including phenoxy) is 1. The summed E-state index contributed by atoms with van der Waals surface area (Å²) in [5, 5.41) is 17.3. The van der Waals surface area contributed by atoms with Crippen molar-refractivity contribution in [3.8, 4) is 22.6 Å². The third-order valence-corrected chi connectivity index (χ3v) is 6.21. The molecule has 1 aliphatic carbocycles. The summed E-state index contributed by atoms with van der Waals surface area (Å²) in [6.07, 6.45) is 8.61. The second-order valence-electron chi connectivity index (χ2n) is 9.43. The number of hydrogen-bond donors (Lipinski definition) is 4. The molecule has 1 aromatic heterocycles. The van der Waals surface area contributed by atoms with Crippen LogP contribution in [-0.2, 0) is 0 Å². The van der Waals surface area contributed by atoms with Crippen LogP contribution in [0.4, 0.5) is 11.6 Å². The van der Waals surface area contributed by atoms with Crippen LogP contribution in [0.25, 0.3) is 11.1 Å². The quantitative estimate of drug-likeness (QED) is 0.248. The summed E-state index contributed by atoms with van der Waals surface area (Å²) in [6, 6.07) is 17.9. The minimum atomic E-state index is -0.657. The molecule has 2 aromatic carbocycles. The van der Waals surface area contributed by atoms with E-state index in [1.165, 1.54) is 6.33 Å². The molecule has 1 saturated carbocycles. The van der Waals surface area contributed by atoms with Gasteiger partial charge in [0.2, 0.25) is 0 Å². The van der Waals surface area contributed by atoms with Crippen LogP contribution in [0.15, 0.2) is 73.1 Å². The van der Waals surface area contributed by atoms with E-state index in [9.17, 15) is 5.11 Å². The Labute approximate surface area is 213 Å². The molecular formula is C28H36N6O2. The van der Waals surface area contributed by atoms with Gasteiger partial charge in [0, 0.05) is 18.6 Å². The van der Waals surface area contributed by atoms with Crippen molar-refractivity contribution >= 4 is 11.6 Å². The van der Waals surface area contributed by atoms with Gasteiger partial charge in [-0.3, -0.25) is 5.32 Å². The fraction of sp³-hybridized carbons (Fsp3) is 0.357. The molecule has 1 heterocycles. The Morgan fingerprint density at radius 3 is 2.53 bits per heavy atom. The number of rotatable bonds is 10. The van der Waals surface area contributed by atoms with Crippen molar-refractivity contribution in [3.63, 3.8) is 0 Å². The van der Waals surface area contributed by atoms with Crippen LogP contribution in [0.1, 0.15) is 25.7 Å². The largest absolute Gasteiger partial charge is 0.457 e. The number of aliphatic hydroxyl groups excluding tert-OH is 1. The van der Waals surface area contributed by atoms with E-state index in [1.807, 2.05) is 80.8 Å². The van der Waals surface area contributed by atoms with E-state index < -0.39 is 6.23 Å². The van der Waals surface area contributed by atoms with Gasteiger partial charge in [0.15, 0.2) is 0 Å². The van der Waals surface area contributed by atoms with Gasteiger partial charge in [0.1, 0.15) is 35.7 Å². The molecule has 3 atom stereocenters. The SMILES string of the molecule is CN(C)C/C=C/C(O)N[C@@H]1CCC[C@H](Nc2ncnc(N)c2-c2ccc(Oc3ccccc3)cc2)C1. The number of nitrogens with two attached hydrogens (primary N) is 1. The highest BCUT2D eigenvalue weighted by Gasteiger charge is 2.24. The fourth-order valence-corrected chi connectivity index (χ4v) is 4.47. The number of para-hydroxylation sites is 1. The fourth-order valence-electron chi connectivity index (χ4n) is 4.47. The Hall–Kier alpha value is -3.46. The molecule has 0 spiro atoms. The molecule has 0 bridgehead atoms. The average Bonchev–Trinajstić information content (AvgIpc) is 2.86. The van der Waals surface area contributed by atoms with Crippen molar-refractivity contribution in [2.45, 2.75) is 44.0 Å². The molecule has 5 N–H and O–H groups in total. The first-order valence-electron chi connectivity index (χ1n) is 12.4. The standard InChI is InChI=1S/C28H36N6O2/c1-34(2)17-7-12-25(35)32-21-8-6-9-22(18-21)33-28-26(27(29)30-19-31-28)20-13-15-24(16-14-20)36-23-10-4-3-5-11-23/h3-5,7,10-16,19,21-22,25,32,35H,6,8-9,17-18H2,1-2H3,(H3,29,30,31,33)/b12-7+/t21-,22+,25?/m1/s1. The topological polar surface area (TPSA) is 109 Å². The molecule has 0 aliphatic heterocycles. The Morgan fingerprint density at radius 1 is 1.06 bits per heavy atom. The van der Waals surface area contributed by atoms with Gasteiger partial charge in [0.25, 0.3) is 0 Å². The Balaban J connectivity index is 1.42. The maximum absolute atomic E-state index is 10.4. The summed E-state index contributed by atoms with van der Waals surface area (Å²) in [6.45, 7) is 0.796. The molecule has 8 heteroatoms. The van der Waals surface area contributed by atoms with Gasteiger partial charge in [-0.2, -0.15) is 0 Å². The van der Waals surface area contributed by atoms with Crippen molar-refractivity contribution in [2.24, 2.45) is 0 Å². The maximum Gasteiger partial charge on any atom is 0.139 e. The molecule has 190 valence electrons. The highest BCUT2D eigenvalue weighted by molar-refractivity contribution is 5.83. The monoisotopic (exact) mass is 488 g/mol. The van der Waals surface area contributed by atoms with E-state index in [4.69, 9.17) is 10.5 Å². The number of likely N-dealkylation sites (N-methyl/N-ethyl adjacent to an activating group) is 1. The van der Waals surface area contributed by atoms with Gasteiger partial charge in [0.05, 0.1) is 5.56 Å². The van der Waals surface area contributed by atoms with Gasteiger partial charge in [-0.25, -0.2) is 9.97 Å². The third-order valence-electron chi connectivity index (χ3n) is 6.21. The summed E-state index contributed by atoms with van der Waals surface area (Å²) in [4.78, 5) is 10.8. The number of nitrogens with zero attached hydrogens (tertiary/aromatic N) is 3. The Bertz CT molecular complexity index is 1120. The first kappa shape index (κ1) is 25.6. The van der Waals surface area contributed by atoms with E-state index in [0.29, 0.717) is 5.82 Å². The zero-order valence-electron chi connectivity index (χ0n) is 21.0. The van der Waals surface area contributed by atoms with Crippen molar-refractivity contribution in [2.75, 3.05) is 31.7 Å². The summed E-state index contributed by atoms with van der Waals surface area (Å²) < 4.78 is 5.92. The van der Waals surface area contributed by atoms with Gasteiger partial charge in [-0.15, -0.1) is 0 Å². The lowest BCUT2D eigenvalue weighted by atomic mass is 9.90. The zero-order valence-corrected chi connectivity index (χ0v) is 21.0. The van der Waals surface area contributed by atoms with E-state index in [1.54, 1.807) is 0 Å². The maximum atomic E-state index is 10.4. The lowest BCUT2D eigenvalue weighted by molar-refractivity contribution is 0.153. The number of hydrogen-bond acceptors (Lipinski definition) is 8. The number of nitrogen functional groups attached to an aromatic ring is 1. The molecule has 0 amide bonds. The van der Waals surface area contributed by atoms with Gasteiger partial charge < -0.3 is 25.8 Å². The average molecular weight is 489 g/mol. The van der Waals surface area contributed by atoms with Crippen LogP contribution >= 0.6 is 0 Å². The lowest BCUT2D eigenvalue weighted by Crippen LogP contribution is -2.43. The highest BCUT2D eigenvalue weighted by atomic mass is 16.5. The van der Waals surface area contributed by atoms with E-state index in [-0.39, 0.29) is 12.1 Å². The van der Waals surface area contributed by atoms with Gasteiger partial charge in [-0.05, 0) is 75.7 Å². The second-order valence-corrected chi connectivity index (χ2v) is 9.43. The van der Waals surface area contributed by atoms with Crippen molar-refractivity contribution in [1.29, 1.82) is 0 Å². The number of aromatic nitrogens is 2. The predicted octanol–water partition coefficient (Wildman–Crippen LogP) is 4.27. The Morgan fingerprint density at radius 2 is 1.78 bits per heavy atom. The third kappa shape index (κ3) is 7.27. The normalized spacial score (nSPS) is 18.9. The molecular weight excluding hydrogens is 452 g/mol. The molecule has 4 rings (SSSR count). The molecule has 0 radical (unpaired) electrons. The highest BCUT2D eigenvalue weighted by Crippen LogP contribution is 2.34. The molecule has 36 heavy (non-hydrogen) atoms. The smallest absolute Gasteiger partial charge is 0.139 e. The summed E-state index contributed by atoms with van der Waals surface area (Å²) in [5.74, 6) is 2.68. The molecule has 1 fully saturated rings. The number of benzene rings is 2. The second kappa shape index (κ2) is 12.5. The van der Waals surface area contributed by atoms with E-state index in [0.717, 1.165) is 60.7 Å². The van der Waals surface area contributed by atoms with Crippen LogP contribution in [0, 0.1) is 0 Å². The summed E-state index contributed by atoms with van der Waals surface area (Å²) in [5.41, 5.74) is 8.00. The van der Waals surface area contributed by atoms with Crippen LogP contribution in [-0.4, -0.2) is 58.9 Å². The number of nitrogens with one attached hydrogen (secondary N) is 2. The zero-order chi connectivity index (χ0) is 25.3. The van der Waals surface area contributed by atoms with Crippen LogP contribution in [0.3, 0.4) is 0 Å². The first-order valence-corrected chi connectivity index (χ1v) is 12.4. The Kier molecular flexibility index (Phi) is 8.89. The number of anilines is 2. The molecule has 3 aromatic rings. The van der Waals surface area contributed by atoms with Crippen LogP contribution in [0.5, 0.6) is 11.5 Å². The summed E-state index contributed by atoms with van der Waals surface area (Å²) >= 11 is 0. The molecule has 8 nitrogen and oxygen atoms in total. The minimum Gasteiger partial charge on any atom is -0.457 e. The molecule has 1 unspecified atom stereocenters. The van der Waals surface area contributed by atoms with Crippen molar-refractivity contribution < 1.29 is 9.84 Å². The van der Waals surface area contributed by atoms with Crippen molar-refractivity contribution in [1.82, 2.24) is 20.2 Å². The van der Waals surface area contributed by atoms with Crippen molar-refractivity contribution in [3.05, 3.63) is 73.1 Å². The van der Waals surface area contributed by atoms with Crippen LogP contribution < -0.4 is 21.1 Å². The van der Waals surface area contributed by atoms with Gasteiger partial charge >= 0.3 is 0 Å². The molecule has 1 aliphatic rings. The van der Waals surface area contributed by atoms with Gasteiger partial charge in [-0.1, -0.05) is 36.4 Å².